The van der Waals surface area contributed by atoms with Gasteiger partial charge in [-0.25, -0.2) is 13.8 Å². The van der Waals surface area contributed by atoms with Crippen molar-refractivity contribution in [1.29, 1.82) is 0 Å². The fourth-order valence-corrected chi connectivity index (χ4v) is 4.75. The number of nitrogens with one attached hydrogen (secondary N) is 1. The van der Waals surface area contributed by atoms with Crippen LogP contribution in [-0.2, 0) is 11.2 Å². The van der Waals surface area contributed by atoms with Crippen LogP contribution in [0.5, 0.6) is 11.5 Å². The summed E-state index contributed by atoms with van der Waals surface area (Å²) < 4.78 is 47.5. The Morgan fingerprint density at radius 1 is 1.09 bits per heavy atom. The van der Waals surface area contributed by atoms with E-state index in [0.29, 0.717) is 23.4 Å². The SMILES string of the molecule is COc1cc(OC)c(F)c(Cc2c[nH]c3ncc(-c4cnn(C5CN(C6OC6C)C5)c4)cc23)c1F. The number of likely N-dealkylation sites (tertiary alicyclic amines) is 1. The van der Waals surface area contributed by atoms with Crippen molar-refractivity contribution in [2.24, 2.45) is 0 Å². The highest BCUT2D eigenvalue weighted by Crippen LogP contribution is 2.36. The van der Waals surface area contributed by atoms with Crippen LogP contribution in [0.3, 0.4) is 0 Å². The Bertz CT molecular complexity index is 1380. The molecular formula is C25H25F2N5O3. The quantitative estimate of drug-likeness (QED) is 0.403. The fraction of sp³-hybridized carbons (Fsp3) is 0.360. The van der Waals surface area contributed by atoms with E-state index in [4.69, 9.17) is 14.2 Å². The van der Waals surface area contributed by atoms with E-state index in [1.165, 1.54) is 20.3 Å². The summed E-state index contributed by atoms with van der Waals surface area (Å²) in [5.74, 6) is -1.62. The first-order valence-electron chi connectivity index (χ1n) is 11.5. The highest BCUT2D eigenvalue weighted by atomic mass is 19.1. The van der Waals surface area contributed by atoms with Gasteiger partial charge in [0.25, 0.3) is 0 Å². The standard InChI is InChI=1S/C25H25F2N5O3/c1-13-25(35-13)31-11-17(12-31)32-10-16(9-30-32)14-4-18-15(8-29-24(18)28-7-14)5-19-22(26)20(33-2)6-21(34-3)23(19)27/h4,6-10,13,17,25H,5,11-12H2,1-3H3,(H,28,29). The minimum Gasteiger partial charge on any atom is -0.494 e. The van der Waals surface area contributed by atoms with Gasteiger partial charge in [-0.2, -0.15) is 5.10 Å². The first kappa shape index (κ1) is 22.0. The molecule has 2 saturated heterocycles. The number of methoxy groups -OCH3 is 2. The average molecular weight is 482 g/mol. The Balaban J connectivity index is 1.28. The number of halogens is 2. The van der Waals surface area contributed by atoms with Crippen LogP contribution in [-0.4, -0.2) is 64.3 Å². The molecule has 0 saturated carbocycles. The number of aromatic amines is 1. The lowest BCUT2D eigenvalue weighted by molar-refractivity contribution is 0.0502. The molecule has 182 valence electrons. The molecule has 5 heterocycles. The number of aromatic nitrogens is 4. The molecule has 0 spiro atoms. The molecule has 3 aromatic heterocycles. The number of H-pyrrole nitrogens is 1. The first-order valence-corrected chi connectivity index (χ1v) is 11.5. The maximum Gasteiger partial charge on any atom is 0.171 e. The Kier molecular flexibility index (Phi) is 5.23. The van der Waals surface area contributed by atoms with Gasteiger partial charge in [0.05, 0.1) is 32.6 Å². The molecule has 6 rings (SSSR count). The Morgan fingerprint density at radius 2 is 1.80 bits per heavy atom. The van der Waals surface area contributed by atoms with E-state index in [0.717, 1.165) is 29.6 Å². The fourth-order valence-electron chi connectivity index (χ4n) is 4.75. The summed E-state index contributed by atoms with van der Waals surface area (Å²) in [4.78, 5) is 9.92. The molecule has 0 radical (unpaired) electrons. The summed E-state index contributed by atoms with van der Waals surface area (Å²) in [5.41, 5.74) is 3.04. The summed E-state index contributed by atoms with van der Waals surface area (Å²) >= 11 is 0. The highest BCUT2D eigenvalue weighted by molar-refractivity contribution is 5.84. The number of hydrogen-bond donors (Lipinski definition) is 1. The molecule has 0 amide bonds. The van der Waals surface area contributed by atoms with Crippen molar-refractivity contribution in [3.05, 3.63) is 59.7 Å². The van der Waals surface area contributed by atoms with Gasteiger partial charge < -0.3 is 19.2 Å². The van der Waals surface area contributed by atoms with Crippen LogP contribution >= 0.6 is 0 Å². The second-order valence-corrected chi connectivity index (χ2v) is 9.05. The molecular weight excluding hydrogens is 456 g/mol. The minimum atomic E-state index is -0.744. The zero-order valence-corrected chi connectivity index (χ0v) is 19.6. The zero-order valence-electron chi connectivity index (χ0n) is 19.6. The summed E-state index contributed by atoms with van der Waals surface area (Å²) in [6.07, 6.45) is 7.90. The molecule has 35 heavy (non-hydrogen) atoms. The zero-order chi connectivity index (χ0) is 24.3. The molecule has 2 aliphatic heterocycles. The Labute approximate surface area is 200 Å². The van der Waals surface area contributed by atoms with Gasteiger partial charge in [-0.05, 0) is 18.6 Å². The number of ether oxygens (including phenoxy) is 3. The van der Waals surface area contributed by atoms with Crippen molar-refractivity contribution in [3.63, 3.8) is 0 Å². The molecule has 0 aliphatic carbocycles. The second kappa shape index (κ2) is 8.31. The van der Waals surface area contributed by atoms with Gasteiger partial charge in [-0.15, -0.1) is 0 Å². The van der Waals surface area contributed by atoms with E-state index in [9.17, 15) is 8.78 Å². The predicted molar refractivity (Wildman–Crippen MR) is 125 cm³/mol. The van der Waals surface area contributed by atoms with Crippen LogP contribution in [0.4, 0.5) is 8.78 Å². The second-order valence-electron chi connectivity index (χ2n) is 9.05. The lowest BCUT2D eigenvalue weighted by atomic mass is 10.0. The van der Waals surface area contributed by atoms with Crippen molar-refractivity contribution in [1.82, 2.24) is 24.6 Å². The number of benzene rings is 1. The maximum absolute atomic E-state index is 14.9. The lowest BCUT2D eigenvalue weighted by Gasteiger charge is -2.38. The third-order valence-electron chi connectivity index (χ3n) is 6.89. The van der Waals surface area contributed by atoms with Crippen LogP contribution in [0.1, 0.15) is 24.1 Å². The largest absolute Gasteiger partial charge is 0.494 e. The van der Waals surface area contributed by atoms with Crippen LogP contribution < -0.4 is 9.47 Å². The Hall–Kier alpha value is -3.50. The molecule has 2 aliphatic rings. The van der Waals surface area contributed by atoms with Crippen molar-refractivity contribution in [2.45, 2.75) is 31.7 Å². The molecule has 1 aromatic carbocycles. The van der Waals surface area contributed by atoms with Crippen molar-refractivity contribution in [2.75, 3.05) is 27.3 Å². The number of fused-ring (bicyclic) bond motifs is 1. The van der Waals surface area contributed by atoms with E-state index < -0.39 is 11.6 Å². The number of epoxide rings is 1. The van der Waals surface area contributed by atoms with E-state index >= 15 is 0 Å². The molecule has 1 N–H and O–H groups in total. The predicted octanol–water partition coefficient (Wildman–Crippen LogP) is 3.91. The van der Waals surface area contributed by atoms with Gasteiger partial charge in [0.1, 0.15) is 11.9 Å². The first-order chi connectivity index (χ1) is 17.0. The van der Waals surface area contributed by atoms with Crippen LogP contribution in [0.25, 0.3) is 22.2 Å². The number of nitrogens with zero attached hydrogens (tertiary/aromatic N) is 4. The summed E-state index contributed by atoms with van der Waals surface area (Å²) in [6, 6.07) is 3.49. The van der Waals surface area contributed by atoms with E-state index in [1.54, 1.807) is 12.4 Å². The third-order valence-corrected chi connectivity index (χ3v) is 6.89. The molecule has 2 fully saturated rings. The summed E-state index contributed by atoms with van der Waals surface area (Å²) in [6.45, 7) is 3.91. The number of rotatable bonds is 7. The Morgan fingerprint density at radius 3 is 2.46 bits per heavy atom. The molecule has 2 unspecified atom stereocenters. The highest BCUT2D eigenvalue weighted by Gasteiger charge is 2.46. The van der Waals surface area contributed by atoms with Crippen molar-refractivity contribution >= 4 is 11.0 Å². The van der Waals surface area contributed by atoms with Gasteiger partial charge in [-0.1, -0.05) is 0 Å². The minimum absolute atomic E-state index is 0.00912. The smallest absolute Gasteiger partial charge is 0.171 e. The molecule has 8 nitrogen and oxygen atoms in total. The molecule has 0 bridgehead atoms. The number of hydrogen-bond acceptors (Lipinski definition) is 6. The van der Waals surface area contributed by atoms with Gasteiger partial charge in [0, 0.05) is 66.2 Å². The summed E-state index contributed by atoms with van der Waals surface area (Å²) in [7, 11) is 2.67. The van der Waals surface area contributed by atoms with Gasteiger partial charge in [0.15, 0.2) is 23.1 Å². The van der Waals surface area contributed by atoms with Crippen molar-refractivity contribution in [3.8, 4) is 22.6 Å². The maximum atomic E-state index is 14.9. The van der Waals surface area contributed by atoms with Crippen molar-refractivity contribution < 1.29 is 23.0 Å². The number of pyridine rings is 1. The normalized spacial score (nSPS) is 20.3. The lowest BCUT2D eigenvalue weighted by Crippen LogP contribution is -2.49. The van der Waals surface area contributed by atoms with E-state index in [-0.39, 0.29) is 29.7 Å². The van der Waals surface area contributed by atoms with Crippen LogP contribution in [0.2, 0.25) is 0 Å². The van der Waals surface area contributed by atoms with Gasteiger partial charge in [0.2, 0.25) is 0 Å². The van der Waals surface area contributed by atoms with Crippen LogP contribution in [0, 0.1) is 11.6 Å². The van der Waals surface area contributed by atoms with Gasteiger partial charge >= 0.3 is 0 Å². The molecule has 4 aromatic rings. The van der Waals surface area contributed by atoms with Crippen LogP contribution in [0.15, 0.2) is 36.9 Å². The monoisotopic (exact) mass is 481 g/mol. The molecule has 10 heteroatoms. The van der Waals surface area contributed by atoms with E-state index in [1.807, 2.05) is 23.1 Å². The average Bonchev–Trinajstić information content (AvgIpc) is 3.21. The molecule has 2 atom stereocenters. The van der Waals surface area contributed by atoms with Gasteiger partial charge in [-0.3, -0.25) is 9.58 Å². The third kappa shape index (κ3) is 3.73. The summed E-state index contributed by atoms with van der Waals surface area (Å²) in [5, 5.41) is 5.34. The topological polar surface area (TPSA) is 80.7 Å². The van der Waals surface area contributed by atoms with E-state index in [2.05, 4.69) is 26.9 Å².